The molecule has 1 aromatic carbocycles. The lowest BCUT2D eigenvalue weighted by atomic mass is 9.70. The first-order valence-corrected chi connectivity index (χ1v) is 7.61. The first-order valence-electron chi connectivity index (χ1n) is 7.23. The molecule has 0 saturated carbocycles. The van der Waals surface area contributed by atoms with E-state index in [9.17, 15) is 0 Å². The summed E-state index contributed by atoms with van der Waals surface area (Å²) in [6, 6.07) is 8.19. The molecule has 106 valence electrons. The van der Waals surface area contributed by atoms with E-state index in [1.165, 1.54) is 11.1 Å². The highest BCUT2D eigenvalue weighted by atomic mass is 35.5. The zero-order valence-electron chi connectivity index (χ0n) is 12.7. The Morgan fingerprint density at radius 1 is 1.05 bits per heavy atom. The summed E-state index contributed by atoms with van der Waals surface area (Å²) in [5, 5.41) is 0.794. The number of aliphatic imine (C=N–C) groups is 1. The van der Waals surface area contributed by atoms with Gasteiger partial charge in [0.05, 0.1) is 16.9 Å². The largest absolute Gasteiger partial charge is 0.273 e. The minimum Gasteiger partial charge on any atom is -0.273 e. The van der Waals surface area contributed by atoms with Crippen LogP contribution in [-0.4, -0.2) is 10.7 Å². The Kier molecular flexibility index (Phi) is 2.32. The number of fused-ring (bicyclic) bond motifs is 2. The molecule has 21 heavy (non-hydrogen) atoms. The van der Waals surface area contributed by atoms with Crippen molar-refractivity contribution in [1.82, 2.24) is 4.98 Å². The average Bonchev–Trinajstić information content (AvgIpc) is 2.69. The van der Waals surface area contributed by atoms with Gasteiger partial charge in [0.2, 0.25) is 0 Å². The van der Waals surface area contributed by atoms with Crippen molar-refractivity contribution in [2.45, 2.75) is 38.6 Å². The van der Waals surface area contributed by atoms with Gasteiger partial charge in [0.1, 0.15) is 0 Å². The summed E-state index contributed by atoms with van der Waals surface area (Å²) in [5.74, 6) is 0. The van der Waals surface area contributed by atoms with Crippen molar-refractivity contribution < 1.29 is 0 Å². The summed E-state index contributed by atoms with van der Waals surface area (Å²) in [5.41, 5.74) is 6.49. The minimum absolute atomic E-state index is 0.206. The van der Waals surface area contributed by atoms with E-state index in [4.69, 9.17) is 16.6 Å². The predicted molar refractivity (Wildman–Crippen MR) is 86.5 cm³/mol. The van der Waals surface area contributed by atoms with Crippen LogP contribution in [-0.2, 0) is 11.0 Å². The molecular formula is C18H17ClN2. The summed E-state index contributed by atoms with van der Waals surface area (Å²) < 4.78 is 0. The Morgan fingerprint density at radius 2 is 1.81 bits per heavy atom. The Bertz CT molecular complexity index is 816. The van der Waals surface area contributed by atoms with Crippen molar-refractivity contribution in [3.8, 4) is 0 Å². The molecule has 2 heterocycles. The molecule has 1 aromatic heterocycles. The lowest BCUT2D eigenvalue weighted by molar-refractivity contribution is 0.566. The first-order chi connectivity index (χ1) is 9.84. The number of pyridine rings is 1. The number of halogens is 1. The molecule has 0 unspecified atom stereocenters. The molecule has 0 fully saturated rings. The summed E-state index contributed by atoms with van der Waals surface area (Å²) >= 11 is 6.52. The van der Waals surface area contributed by atoms with Crippen LogP contribution in [0, 0.1) is 0 Å². The maximum atomic E-state index is 6.52. The highest BCUT2D eigenvalue weighted by Crippen LogP contribution is 2.49. The lowest BCUT2D eigenvalue weighted by Gasteiger charge is -2.34. The molecule has 0 amide bonds. The quantitative estimate of drug-likeness (QED) is 0.704. The maximum Gasteiger partial charge on any atom is 0.0815 e. The van der Waals surface area contributed by atoms with E-state index < -0.39 is 0 Å². The zero-order valence-corrected chi connectivity index (χ0v) is 13.4. The van der Waals surface area contributed by atoms with Crippen molar-refractivity contribution in [3.63, 3.8) is 0 Å². The van der Waals surface area contributed by atoms with Crippen LogP contribution < -0.4 is 0 Å². The van der Waals surface area contributed by atoms with Gasteiger partial charge in [-0.2, -0.15) is 0 Å². The Morgan fingerprint density at radius 3 is 2.57 bits per heavy atom. The topological polar surface area (TPSA) is 25.2 Å². The van der Waals surface area contributed by atoms with E-state index in [0.717, 1.165) is 27.6 Å². The molecule has 2 nitrogen and oxygen atoms in total. The SMILES string of the molecule is CC1(C)N=C2c3cccc(Cl)c3C(C)(C)c3nccc1c32. The van der Waals surface area contributed by atoms with Gasteiger partial charge in [-0.3, -0.25) is 9.98 Å². The van der Waals surface area contributed by atoms with Crippen molar-refractivity contribution >= 4 is 17.3 Å². The van der Waals surface area contributed by atoms with Crippen LogP contribution >= 0.6 is 11.6 Å². The van der Waals surface area contributed by atoms with Crippen LogP contribution in [0.2, 0.25) is 5.02 Å². The van der Waals surface area contributed by atoms with Gasteiger partial charge >= 0.3 is 0 Å². The molecule has 1 aliphatic carbocycles. The summed E-state index contributed by atoms with van der Waals surface area (Å²) in [6.07, 6.45) is 1.90. The highest BCUT2D eigenvalue weighted by Gasteiger charge is 2.44. The zero-order chi connectivity index (χ0) is 15.0. The van der Waals surface area contributed by atoms with Gasteiger partial charge in [0.15, 0.2) is 0 Å². The summed E-state index contributed by atoms with van der Waals surface area (Å²) in [6.45, 7) is 8.71. The molecule has 2 aromatic rings. The maximum absolute atomic E-state index is 6.52. The van der Waals surface area contributed by atoms with Gasteiger partial charge < -0.3 is 0 Å². The van der Waals surface area contributed by atoms with Gasteiger partial charge in [-0.1, -0.05) is 37.6 Å². The number of benzene rings is 1. The fourth-order valence-electron chi connectivity index (χ4n) is 3.75. The molecule has 2 aliphatic rings. The molecule has 4 rings (SSSR count). The summed E-state index contributed by atoms with van der Waals surface area (Å²) in [7, 11) is 0. The van der Waals surface area contributed by atoms with E-state index >= 15 is 0 Å². The molecule has 3 heteroatoms. The van der Waals surface area contributed by atoms with Crippen molar-refractivity contribution in [2.24, 2.45) is 4.99 Å². The molecule has 0 bridgehead atoms. The second-order valence-electron chi connectivity index (χ2n) is 6.89. The third kappa shape index (κ3) is 1.49. The average molecular weight is 297 g/mol. The molecule has 1 aliphatic heterocycles. The minimum atomic E-state index is -0.210. The van der Waals surface area contributed by atoms with Crippen LogP contribution in [0.4, 0.5) is 0 Å². The van der Waals surface area contributed by atoms with E-state index in [2.05, 4.69) is 44.8 Å². The van der Waals surface area contributed by atoms with Crippen LogP contribution in [0.25, 0.3) is 0 Å². The van der Waals surface area contributed by atoms with Gasteiger partial charge in [-0.05, 0) is 37.1 Å². The Hall–Kier alpha value is -1.67. The van der Waals surface area contributed by atoms with Gasteiger partial charge in [-0.25, -0.2) is 0 Å². The molecule has 0 N–H and O–H groups in total. The van der Waals surface area contributed by atoms with Gasteiger partial charge in [0, 0.05) is 27.8 Å². The Balaban J connectivity index is 2.19. The molecular weight excluding hydrogens is 280 g/mol. The number of nitrogens with zero attached hydrogens (tertiary/aromatic N) is 2. The van der Waals surface area contributed by atoms with Gasteiger partial charge in [-0.15, -0.1) is 0 Å². The van der Waals surface area contributed by atoms with Crippen LogP contribution in [0.1, 0.15) is 55.6 Å². The van der Waals surface area contributed by atoms with Gasteiger partial charge in [0.25, 0.3) is 0 Å². The van der Waals surface area contributed by atoms with Crippen molar-refractivity contribution in [1.29, 1.82) is 0 Å². The molecule has 0 atom stereocenters. The highest BCUT2D eigenvalue weighted by molar-refractivity contribution is 6.33. The first kappa shape index (κ1) is 13.0. The van der Waals surface area contributed by atoms with Crippen LogP contribution in [0.15, 0.2) is 35.5 Å². The predicted octanol–water partition coefficient (Wildman–Crippen LogP) is 4.46. The monoisotopic (exact) mass is 296 g/mol. The number of hydrogen-bond acceptors (Lipinski definition) is 2. The normalized spacial score (nSPS) is 19.8. The van der Waals surface area contributed by atoms with E-state index in [1.54, 1.807) is 0 Å². The van der Waals surface area contributed by atoms with E-state index in [-0.39, 0.29) is 11.0 Å². The number of aromatic nitrogens is 1. The summed E-state index contributed by atoms with van der Waals surface area (Å²) in [4.78, 5) is 9.67. The Labute approximate surface area is 129 Å². The molecule has 0 spiro atoms. The standard InChI is InChI=1S/C18H17ClN2/c1-17(2)14-10(6-5-7-12(14)19)15-13-11(18(3,4)21-15)8-9-20-16(13)17/h5-9H,1-4H3. The van der Waals surface area contributed by atoms with Crippen LogP contribution in [0.5, 0.6) is 0 Å². The van der Waals surface area contributed by atoms with Crippen LogP contribution in [0.3, 0.4) is 0 Å². The fraction of sp³-hybridized carbons (Fsp3) is 0.333. The second kappa shape index (κ2) is 3.75. The fourth-order valence-corrected chi connectivity index (χ4v) is 4.16. The van der Waals surface area contributed by atoms with E-state index in [0.29, 0.717) is 0 Å². The van der Waals surface area contributed by atoms with Crippen molar-refractivity contribution in [3.05, 3.63) is 63.4 Å². The number of rotatable bonds is 0. The number of hydrogen-bond donors (Lipinski definition) is 0. The van der Waals surface area contributed by atoms with Crippen molar-refractivity contribution in [2.75, 3.05) is 0 Å². The second-order valence-corrected chi connectivity index (χ2v) is 7.30. The lowest BCUT2D eigenvalue weighted by Crippen LogP contribution is -2.32. The smallest absolute Gasteiger partial charge is 0.0815 e. The third-order valence-electron chi connectivity index (χ3n) is 4.72. The third-order valence-corrected chi connectivity index (χ3v) is 5.04. The molecule has 0 radical (unpaired) electrons. The van der Waals surface area contributed by atoms with E-state index in [1.807, 2.05) is 18.3 Å². The molecule has 0 saturated heterocycles.